The van der Waals surface area contributed by atoms with Gasteiger partial charge < -0.3 is 0 Å². The number of hydrogen-bond acceptors (Lipinski definition) is 2. The third-order valence-corrected chi connectivity index (χ3v) is 3.72. The Labute approximate surface area is 91.3 Å². The molecule has 2 rings (SSSR count). The van der Waals surface area contributed by atoms with Crippen molar-refractivity contribution in [2.24, 2.45) is 5.41 Å². The molecule has 0 saturated carbocycles. The van der Waals surface area contributed by atoms with Crippen LogP contribution >= 0.6 is 11.8 Å². The number of thioether (sulfide) groups is 1. The summed E-state index contributed by atoms with van der Waals surface area (Å²) in [6.45, 7) is 8.61. The predicted molar refractivity (Wildman–Crippen MR) is 63.8 cm³/mol. The van der Waals surface area contributed by atoms with Gasteiger partial charge in [0.1, 0.15) is 0 Å². The van der Waals surface area contributed by atoms with E-state index < -0.39 is 0 Å². The van der Waals surface area contributed by atoms with Gasteiger partial charge in [-0.05, 0) is 24.0 Å². The zero-order valence-electron chi connectivity index (χ0n) is 9.50. The van der Waals surface area contributed by atoms with E-state index in [-0.39, 0.29) is 0 Å². The Morgan fingerprint density at radius 1 is 1.36 bits per heavy atom. The quantitative estimate of drug-likeness (QED) is 0.645. The molecule has 0 atom stereocenters. The van der Waals surface area contributed by atoms with Crippen LogP contribution in [0.4, 0.5) is 0 Å². The Hall–Kier alpha value is -0.500. The van der Waals surface area contributed by atoms with Crippen molar-refractivity contribution in [2.75, 3.05) is 5.75 Å². The van der Waals surface area contributed by atoms with Crippen LogP contribution in [0.5, 0.6) is 0 Å². The molecule has 0 radical (unpaired) electrons. The Balaban J connectivity index is 0.000000461. The van der Waals surface area contributed by atoms with E-state index in [0.29, 0.717) is 5.41 Å². The van der Waals surface area contributed by atoms with Gasteiger partial charge in [0.25, 0.3) is 0 Å². The Morgan fingerprint density at radius 3 is 2.79 bits per heavy atom. The molecule has 0 aliphatic carbocycles. The van der Waals surface area contributed by atoms with E-state index in [4.69, 9.17) is 0 Å². The number of hydrogen-bond donors (Lipinski definition) is 0. The summed E-state index contributed by atoms with van der Waals surface area (Å²) in [6, 6.07) is 4.19. The van der Waals surface area contributed by atoms with Crippen molar-refractivity contribution >= 4 is 11.8 Å². The van der Waals surface area contributed by atoms with Gasteiger partial charge in [-0.1, -0.05) is 27.7 Å². The van der Waals surface area contributed by atoms with Crippen molar-refractivity contribution in [3.63, 3.8) is 0 Å². The smallest absolute Gasteiger partial charge is 0.0544 e. The summed E-state index contributed by atoms with van der Waals surface area (Å²) in [5, 5.41) is 0. The van der Waals surface area contributed by atoms with Crippen molar-refractivity contribution < 1.29 is 0 Å². The second kappa shape index (κ2) is 4.83. The molecule has 0 spiro atoms. The zero-order valence-corrected chi connectivity index (χ0v) is 10.3. The standard InChI is InChI=1S/C10H13NS.C2H6/c1-10(2)6-8-9(12-7-10)4-3-5-11-8;1-2/h3-5H,6-7H2,1-2H3;1-2H3. The highest BCUT2D eigenvalue weighted by Gasteiger charge is 2.25. The van der Waals surface area contributed by atoms with E-state index in [9.17, 15) is 0 Å². The van der Waals surface area contributed by atoms with Gasteiger partial charge in [0.2, 0.25) is 0 Å². The van der Waals surface area contributed by atoms with E-state index in [0.717, 1.165) is 6.42 Å². The molecule has 0 unspecified atom stereocenters. The fraction of sp³-hybridized carbons (Fsp3) is 0.583. The summed E-state index contributed by atoms with van der Waals surface area (Å²) in [5.74, 6) is 1.21. The third kappa shape index (κ3) is 2.74. The minimum absolute atomic E-state index is 0.423. The molecule has 14 heavy (non-hydrogen) atoms. The van der Waals surface area contributed by atoms with E-state index in [2.05, 4.69) is 24.9 Å². The number of aromatic nitrogens is 1. The van der Waals surface area contributed by atoms with Crippen LogP contribution < -0.4 is 0 Å². The first-order valence-electron chi connectivity index (χ1n) is 5.24. The molecule has 2 heteroatoms. The summed E-state index contributed by atoms with van der Waals surface area (Å²) in [6.07, 6.45) is 3.01. The van der Waals surface area contributed by atoms with Gasteiger partial charge in [0.05, 0.1) is 5.69 Å². The predicted octanol–water partition coefficient (Wildman–Crippen LogP) is 3.78. The number of nitrogens with zero attached hydrogens (tertiary/aromatic N) is 1. The first kappa shape index (κ1) is 11.6. The zero-order chi connectivity index (χ0) is 10.6. The largest absolute Gasteiger partial charge is 0.260 e. The maximum atomic E-state index is 4.39. The SMILES string of the molecule is CC.CC1(C)CSc2cccnc2C1. The molecule has 1 nitrogen and oxygen atoms in total. The number of rotatable bonds is 0. The highest BCUT2D eigenvalue weighted by atomic mass is 32.2. The minimum Gasteiger partial charge on any atom is -0.260 e. The maximum Gasteiger partial charge on any atom is 0.0544 e. The van der Waals surface area contributed by atoms with Crippen LogP contribution in [0.15, 0.2) is 23.2 Å². The highest BCUT2D eigenvalue weighted by Crippen LogP contribution is 2.37. The highest BCUT2D eigenvalue weighted by molar-refractivity contribution is 7.99. The van der Waals surface area contributed by atoms with E-state index in [1.54, 1.807) is 0 Å². The van der Waals surface area contributed by atoms with Crippen LogP contribution in [0.1, 0.15) is 33.4 Å². The first-order chi connectivity index (χ1) is 6.67. The van der Waals surface area contributed by atoms with Crippen molar-refractivity contribution in [1.29, 1.82) is 0 Å². The molecule has 0 saturated heterocycles. The summed E-state index contributed by atoms with van der Waals surface area (Å²) < 4.78 is 0. The lowest BCUT2D eigenvalue weighted by molar-refractivity contribution is 0.406. The van der Waals surface area contributed by atoms with Crippen LogP contribution in [0.2, 0.25) is 0 Å². The van der Waals surface area contributed by atoms with Gasteiger partial charge in [-0.2, -0.15) is 0 Å². The molecule has 0 bridgehead atoms. The van der Waals surface area contributed by atoms with Gasteiger partial charge in [-0.15, -0.1) is 11.8 Å². The Kier molecular flexibility index (Phi) is 3.99. The lowest BCUT2D eigenvalue weighted by Crippen LogP contribution is -2.22. The molecule has 1 aromatic heterocycles. The van der Waals surface area contributed by atoms with E-state index in [1.165, 1.54) is 16.3 Å². The third-order valence-electron chi connectivity index (χ3n) is 2.11. The summed E-state index contributed by atoms with van der Waals surface area (Å²) >= 11 is 1.93. The van der Waals surface area contributed by atoms with Crippen molar-refractivity contribution in [3.8, 4) is 0 Å². The molecule has 0 fully saturated rings. The molecular weight excluding hydrogens is 190 g/mol. The van der Waals surface area contributed by atoms with Crippen molar-refractivity contribution in [1.82, 2.24) is 4.98 Å². The lowest BCUT2D eigenvalue weighted by atomic mass is 9.89. The molecule has 1 aliphatic rings. The van der Waals surface area contributed by atoms with Gasteiger partial charge in [0, 0.05) is 16.8 Å². The van der Waals surface area contributed by atoms with Gasteiger partial charge in [-0.3, -0.25) is 4.98 Å². The minimum atomic E-state index is 0.423. The molecule has 0 amide bonds. The van der Waals surface area contributed by atoms with Gasteiger partial charge >= 0.3 is 0 Å². The monoisotopic (exact) mass is 209 g/mol. The van der Waals surface area contributed by atoms with E-state index in [1.807, 2.05) is 37.9 Å². The van der Waals surface area contributed by atoms with Crippen LogP contribution in [-0.2, 0) is 6.42 Å². The first-order valence-corrected chi connectivity index (χ1v) is 6.23. The summed E-state index contributed by atoms with van der Waals surface area (Å²) in [4.78, 5) is 5.77. The second-order valence-electron chi connectivity index (χ2n) is 4.08. The lowest BCUT2D eigenvalue weighted by Gasteiger charge is -2.29. The number of pyridine rings is 1. The van der Waals surface area contributed by atoms with Crippen molar-refractivity contribution in [3.05, 3.63) is 24.0 Å². The normalized spacial score (nSPS) is 17.7. The molecule has 0 aromatic carbocycles. The molecule has 1 aromatic rings. The van der Waals surface area contributed by atoms with Crippen LogP contribution in [0, 0.1) is 5.41 Å². The molecule has 1 aliphatic heterocycles. The molecule has 78 valence electrons. The topological polar surface area (TPSA) is 12.9 Å². The van der Waals surface area contributed by atoms with Gasteiger partial charge in [0.15, 0.2) is 0 Å². The summed E-state index contributed by atoms with van der Waals surface area (Å²) in [5.41, 5.74) is 1.70. The van der Waals surface area contributed by atoms with Crippen LogP contribution in [0.25, 0.3) is 0 Å². The average molecular weight is 209 g/mol. The summed E-state index contributed by atoms with van der Waals surface area (Å²) in [7, 11) is 0. The van der Waals surface area contributed by atoms with Gasteiger partial charge in [-0.25, -0.2) is 0 Å². The Bertz CT molecular complexity index is 294. The molecular formula is C12H19NS. The van der Waals surface area contributed by atoms with E-state index >= 15 is 0 Å². The molecule has 0 N–H and O–H groups in total. The fourth-order valence-corrected chi connectivity index (χ4v) is 2.58. The van der Waals surface area contributed by atoms with Crippen LogP contribution in [0.3, 0.4) is 0 Å². The number of fused-ring (bicyclic) bond motifs is 1. The maximum absolute atomic E-state index is 4.39. The molecule has 2 heterocycles. The van der Waals surface area contributed by atoms with Crippen LogP contribution in [-0.4, -0.2) is 10.7 Å². The second-order valence-corrected chi connectivity index (χ2v) is 5.10. The average Bonchev–Trinajstić information content (AvgIpc) is 2.19. The Morgan fingerprint density at radius 2 is 2.07 bits per heavy atom. The fourth-order valence-electron chi connectivity index (χ4n) is 1.46. The van der Waals surface area contributed by atoms with Crippen molar-refractivity contribution in [2.45, 2.75) is 39.0 Å².